The zero-order valence-corrected chi connectivity index (χ0v) is 13.3. The van der Waals surface area contributed by atoms with Crippen LogP contribution in [0.5, 0.6) is 11.6 Å². The van der Waals surface area contributed by atoms with E-state index in [0.717, 1.165) is 30.8 Å². The van der Waals surface area contributed by atoms with Crippen molar-refractivity contribution >= 4 is 5.91 Å². The Morgan fingerprint density at radius 2 is 2.04 bits per heavy atom. The summed E-state index contributed by atoms with van der Waals surface area (Å²) < 4.78 is 5.91. The summed E-state index contributed by atoms with van der Waals surface area (Å²) in [6.45, 7) is 3.42. The zero-order valence-electron chi connectivity index (χ0n) is 13.3. The molecule has 1 fully saturated rings. The number of rotatable bonds is 4. The van der Waals surface area contributed by atoms with E-state index < -0.39 is 0 Å². The van der Waals surface area contributed by atoms with Gasteiger partial charge in [0.15, 0.2) is 0 Å². The lowest BCUT2D eigenvalue weighted by Gasteiger charge is -2.32. The number of carbonyl (C=O) groups excluding carboxylic acids is 1. The first-order chi connectivity index (χ1) is 11.3. The lowest BCUT2D eigenvalue weighted by molar-refractivity contribution is -0.132. The lowest BCUT2D eigenvalue weighted by atomic mass is 9.94. The number of hydrogen-bond donors (Lipinski definition) is 0. The average Bonchev–Trinajstić information content (AvgIpc) is 2.62. The van der Waals surface area contributed by atoms with E-state index in [1.54, 1.807) is 12.4 Å². The van der Waals surface area contributed by atoms with Gasteiger partial charge in [-0.05, 0) is 25.0 Å². The number of para-hydroxylation sites is 1. The highest BCUT2D eigenvalue weighted by Gasteiger charge is 2.27. The number of ether oxygens (including phenoxy) is 1. The molecule has 2 heterocycles. The number of piperidine rings is 1. The number of nitrogens with zero attached hydrogens (tertiary/aromatic N) is 3. The van der Waals surface area contributed by atoms with Crippen LogP contribution in [0.15, 0.2) is 42.7 Å². The van der Waals surface area contributed by atoms with Crippen LogP contribution < -0.4 is 4.74 Å². The Labute approximate surface area is 136 Å². The monoisotopic (exact) mass is 311 g/mol. The molecule has 0 N–H and O–H groups in total. The number of hydrogen-bond acceptors (Lipinski definition) is 4. The van der Waals surface area contributed by atoms with Crippen molar-refractivity contribution in [1.29, 1.82) is 0 Å². The van der Waals surface area contributed by atoms with Gasteiger partial charge < -0.3 is 9.64 Å². The maximum absolute atomic E-state index is 12.0. The van der Waals surface area contributed by atoms with Gasteiger partial charge in [-0.1, -0.05) is 25.1 Å². The fraction of sp³-hybridized carbons (Fsp3) is 0.389. The van der Waals surface area contributed by atoms with E-state index in [-0.39, 0.29) is 11.8 Å². The van der Waals surface area contributed by atoms with Crippen molar-refractivity contribution in [3.63, 3.8) is 0 Å². The number of amides is 1. The van der Waals surface area contributed by atoms with Crippen LogP contribution in [0.2, 0.25) is 0 Å². The molecule has 3 rings (SSSR count). The molecule has 120 valence electrons. The van der Waals surface area contributed by atoms with Crippen molar-refractivity contribution in [1.82, 2.24) is 14.9 Å². The molecule has 1 amide bonds. The molecule has 2 aromatic rings. The van der Waals surface area contributed by atoms with Gasteiger partial charge in [-0.3, -0.25) is 9.78 Å². The van der Waals surface area contributed by atoms with Crippen molar-refractivity contribution in [2.24, 2.45) is 0 Å². The molecule has 5 nitrogen and oxygen atoms in total. The van der Waals surface area contributed by atoms with E-state index >= 15 is 0 Å². The van der Waals surface area contributed by atoms with Gasteiger partial charge in [0.25, 0.3) is 0 Å². The number of carbonyl (C=O) groups is 1. The first kappa shape index (κ1) is 15.5. The largest absolute Gasteiger partial charge is 0.437 e. The fourth-order valence-corrected chi connectivity index (χ4v) is 2.95. The smallest absolute Gasteiger partial charge is 0.241 e. The van der Waals surface area contributed by atoms with Crippen LogP contribution >= 0.6 is 0 Å². The Bertz CT molecular complexity index is 660. The first-order valence-electron chi connectivity index (χ1n) is 8.09. The predicted octanol–water partition coefficient (Wildman–Crippen LogP) is 3.38. The summed E-state index contributed by atoms with van der Waals surface area (Å²) in [6, 6.07) is 9.58. The van der Waals surface area contributed by atoms with Crippen LogP contribution in [0, 0.1) is 0 Å². The average molecular weight is 311 g/mol. The molecule has 1 unspecified atom stereocenters. The summed E-state index contributed by atoms with van der Waals surface area (Å²) in [7, 11) is 0. The SMILES string of the molecule is CCC(=O)N1CCCC(c2nccnc2Oc2ccccc2)C1. The van der Waals surface area contributed by atoms with Gasteiger partial charge in [-0.25, -0.2) is 4.98 Å². The quantitative estimate of drug-likeness (QED) is 0.868. The molecule has 0 aliphatic carbocycles. The Morgan fingerprint density at radius 3 is 2.83 bits per heavy atom. The summed E-state index contributed by atoms with van der Waals surface area (Å²) in [5.74, 6) is 1.65. The molecule has 1 saturated heterocycles. The topological polar surface area (TPSA) is 55.3 Å². The minimum absolute atomic E-state index is 0.173. The molecule has 0 saturated carbocycles. The molecule has 23 heavy (non-hydrogen) atoms. The van der Waals surface area contributed by atoms with Crippen molar-refractivity contribution in [2.75, 3.05) is 13.1 Å². The highest BCUT2D eigenvalue weighted by Crippen LogP contribution is 2.32. The van der Waals surface area contributed by atoms with E-state index in [1.807, 2.05) is 42.2 Å². The third-order valence-corrected chi connectivity index (χ3v) is 4.11. The molecule has 1 aromatic heterocycles. The summed E-state index contributed by atoms with van der Waals surface area (Å²) in [6.07, 6.45) is 5.85. The lowest BCUT2D eigenvalue weighted by Crippen LogP contribution is -2.39. The molecule has 1 atom stereocenters. The predicted molar refractivity (Wildman–Crippen MR) is 87.4 cm³/mol. The molecule has 0 radical (unpaired) electrons. The Morgan fingerprint density at radius 1 is 1.26 bits per heavy atom. The van der Waals surface area contributed by atoms with Gasteiger partial charge in [0.2, 0.25) is 11.8 Å². The Hall–Kier alpha value is -2.43. The third kappa shape index (κ3) is 3.67. The van der Waals surface area contributed by atoms with Crippen LogP contribution in [0.3, 0.4) is 0 Å². The van der Waals surface area contributed by atoms with Crippen molar-refractivity contribution in [2.45, 2.75) is 32.1 Å². The van der Waals surface area contributed by atoms with Crippen LogP contribution in [0.1, 0.15) is 37.8 Å². The minimum Gasteiger partial charge on any atom is -0.437 e. The maximum atomic E-state index is 12.0. The van der Waals surface area contributed by atoms with Crippen molar-refractivity contribution in [3.8, 4) is 11.6 Å². The molecule has 5 heteroatoms. The molecular formula is C18H21N3O2. The minimum atomic E-state index is 0.173. The van der Waals surface area contributed by atoms with Gasteiger partial charge in [-0.2, -0.15) is 0 Å². The van der Waals surface area contributed by atoms with E-state index in [0.29, 0.717) is 18.8 Å². The maximum Gasteiger partial charge on any atom is 0.241 e. The first-order valence-corrected chi connectivity index (χ1v) is 8.09. The summed E-state index contributed by atoms with van der Waals surface area (Å²) in [5, 5.41) is 0. The van der Waals surface area contributed by atoms with Crippen molar-refractivity contribution < 1.29 is 9.53 Å². The molecule has 1 aliphatic heterocycles. The summed E-state index contributed by atoms with van der Waals surface area (Å²) in [5.41, 5.74) is 0.838. The normalized spacial score (nSPS) is 17.8. The summed E-state index contributed by atoms with van der Waals surface area (Å²) in [4.78, 5) is 22.7. The second-order valence-electron chi connectivity index (χ2n) is 5.69. The molecule has 1 aliphatic rings. The van der Waals surface area contributed by atoms with Crippen molar-refractivity contribution in [3.05, 3.63) is 48.4 Å². The van der Waals surface area contributed by atoms with Gasteiger partial charge in [-0.15, -0.1) is 0 Å². The van der Waals surface area contributed by atoms with Crippen LogP contribution in [0.25, 0.3) is 0 Å². The highest BCUT2D eigenvalue weighted by molar-refractivity contribution is 5.76. The molecule has 0 bridgehead atoms. The molecular weight excluding hydrogens is 290 g/mol. The van der Waals surface area contributed by atoms with Gasteiger partial charge >= 0.3 is 0 Å². The second kappa shape index (κ2) is 7.22. The fourth-order valence-electron chi connectivity index (χ4n) is 2.95. The molecule has 1 aromatic carbocycles. The summed E-state index contributed by atoms with van der Waals surface area (Å²) >= 11 is 0. The standard InChI is InChI=1S/C18H21N3O2/c1-2-16(22)21-12-6-7-14(13-21)17-18(20-11-10-19-17)23-15-8-4-3-5-9-15/h3-5,8-11,14H,2,6-7,12-13H2,1H3. The second-order valence-corrected chi connectivity index (χ2v) is 5.69. The third-order valence-electron chi connectivity index (χ3n) is 4.11. The van der Waals surface area contributed by atoms with E-state index in [1.165, 1.54) is 0 Å². The highest BCUT2D eigenvalue weighted by atomic mass is 16.5. The van der Waals surface area contributed by atoms with Crippen LogP contribution in [0.4, 0.5) is 0 Å². The van der Waals surface area contributed by atoms with Gasteiger partial charge in [0, 0.05) is 37.8 Å². The Balaban J connectivity index is 1.81. The number of likely N-dealkylation sites (tertiary alicyclic amines) is 1. The van der Waals surface area contributed by atoms with E-state index in [9.17, 15) is 4.79 Å². The molecule has 0 spiro atoms. The Kier molecular flexibility index (Phi) is 4.86. The van der Waals surface area contributed by atoms with Crippen LogP contribution in [-0.2, 0) is 4.79 Å². The van der Waals surface area contributed by atoms with Crippen LogP contribution in [-0.4, -0.2) is 33.9 Å². The van der Waals surface area contributed by atoms with E-state index in [4.69, 9.17) is 4.74 Å². The van der Waals surface area contributed by atoms with Gasteiger partial charge in [0.1, 0.15) is 11.4 Å². The zero-order chi connectivity index (χ0) is 16.1. The number of aromatic nitrogens is 2. The number of benzene rings is 1. The van der Waals surface area contributed by atoms with Gasteiger partial charge in [0.05, 0.1) is 0 Å². The van der Waals surface area contributed by atoms with E-state index in [2.05, 4.69) is 9.97 Å².